The molecule has 2 aliphatic heterocycles. The van der Waals surface area contributed by atoms with E-state index in [2.05, 4.69) is 5.32 Å². The Morgan fingerprint density at radius 3 is 2.67 bits per heavy atom. The summed E-state index contributed by atoms with van der Waals surface area (Å²) >= 11 is 0. The lowest BCUT2D eigenvalue weighted by molar-refractivity contribution is -0.121. The Bertz CT molecular complexity index is 983. The second kappa shape index (κ2) is 9.18. The van der Waals surface area contributed by atoms with Crippen LogP contribution in [0.1, 0.15) is 36.8 Å². The Morgan fingerprint density at radius 1 is 1.10 bits per heavy atom. The van der Waals surface area contributed by atoms with Gasteiger partial charge in [-0.2, -0.15) is 0 Å². The third kappa shape index (κ3) is 4.68. The summed E-state index contributed by atoms with van der Waals surface area (Å²) in [7, 11) is -3.60. The Labute approximate surface area is 178 Å². The molecule has 1 fully saturated rings. The molecule has 160 valence electrons. The molecule has 0 aromatic heterocycles. The molecule has 0 radical (unpaired) electrons. The number of hydrogen-bond acceptors (Lipinski definition) is 4. The maximum absolute atomic E-state index is 13.2. The minimum Gasteiger partial charge on any atom is -0.376 e. The van der Waals surface area contributed by atoms with Gasteiger partial charge in [0.1, 0.15) is 0 Å². The van der Waals surface area contributed by atoms with E-state index in [0.717, 1.165) is 49.1 Å². The van der Waals surface area contributed by atoms with Gasteiger partial charge in [-0.15, -0.1) is 0 Å². The maximum Gasteiger partial charge on any atom is 0.264 e. The minimum absolute atomic E-state index is 0.00729. The van der Waals surface area contributed by atoms with Gasteiger partial charge in [0.15, 0.2) is 0 Å². The highest BCUT2D eigenvalue weighted by Gasteiger charge is 2.28. The van der Waals surface area contributed by atoms with E-state index in [1.807, 2.05) is 24.3 Å². The molecule has 2 heterocycles. The van der Waals surface area contributed by atoms with Crippen molar-refractivity contribution in [3.63, 3.8) is 0 Å². The predicted octanol–water partition coefficient (Wildman–Crippen LogP) is 3.06. The number of anilines is 1. The molecule has 0 unspecified atom stereocenters. The van der Waals surface area contributed by atoms with Gasteiger partial charge >= 0.3 is 0 Å². The van der Waals surface area contributed by atoms with Crippen LogP contribution in [-0.2, 0) is 32.4 Å². The van der Waals surface area contributed by atoms with Gasteiger partial charge < -0.3 is 10.1 Å². The van der Waals surface area contributed by atoms with Gasteiger partial charge in [-0.05, 0) is 61.4 Å². The van der Waals surface area contributed by atoms with E-state index in [9.17, 15) is 13.2 Å². The number of nitrogens with one attached hydrogen (secondary N) is 1. The number of amides is 1. The molecule has 0 spiro atoms. The standard InChI is InChI=1S/C23H28N2O4S/c26-23(24-17-20-7-4-16-29-20)14-11-18-9-12-21(13-10-18)30(27,28)25-15-3-6-19-5-1-2-8-22(19)25/h1-2,5,8-10,12-13,20H,3-4,6-7,11,14-17H2,(H,24,26)/t20-/m0/s1. The number of carbonyl (C=O) groups is 1. The summed E-state index contributed by atoms with van der Waals surface area (Å²) in [6.07, 6.45) is 4.85. The van der Waals surface area contributed by atoms with Gasteiger partial charge in [0.2, 0.25) is 5.91 Å². The van der Waals surface area contributed by atoms with Gasteiger partial charge in [0.05, 0.1) is 16.7 Å². The molecule has 2 aliphatic rings. The van der Waals surface area contributed by atoms with Crippen LogP contribution in [0.25, 0.3) is 0 Å². The van der Waals surface area contributed by atoms with Crippen LogP contribution in [0.5, 0.6) is 0 Å². The monoisotopic (exact) mass is 428 g/mol. The number of carbonyl (C=O) groups excluding carboxylic acids is 1. The lowest BCUT2D eigenvalue weighted by Crippen LogP contribution is -2.35. The van der Waals surface area contributed by atoms with Crippen LogP contribution in [-0.4, -0.2) is 40.1 Å². The first-order valence-corrected chi connectivity index (χ1v) is 12.1. The highest BCUT2D eigenvalue weighted by molar-refractivity contribution is 7.92. The van der Waals surface area contributed by atoms with Crippen molar-refractivity contribution >= 4 is 21.6 Å². The van der Waals surface area contributed by atoms with E-state index in [4.69, 9.17) is 4.74 Å². The van der Waals surface area contributed by atoms with Crippen LogP contribution in [0.2, 0.25) is 0 Å². The third-order valence-corrected chi connectivity index (χ3v) is 7.60. The molecule has 4 rings (SSSR count). The molecule has 2 aromatic carbocycles. The van der Waals surface area contributed by atoms with E-state index in [0.29, 0.717) is 25.9 Å². The summed E-state index contributed by atoms with van der Waals surface area (Å²) in [6.45, 7) is 1.83. The molecule has 1 atom stereocenters. The van der Waals surface area contributed by atoms with Gasteiger partial charge in [0, 0.05) is 26.1 Å². The molecule has 2 aromatic rings. The number of fused-ring (bicyclic) bond motifs is 1. The topological polar surface area (TPSA) is 75.7 Å². The maximum atomic E-state index is 13.2. The number of ether oxygens (including phenoxy) is 1. The molecule has 6 nitrogen and oxygen atoms in total. The molecule has 0 aliphatic carbocycles. The molecule has 0 bridgehead atoms. The second-order valence-electron chi connectivity index (χ2n) is 7.89. The summed E-state index contributed by atoms with van der Waals surface area (Å²) in [4.78, 5) is 12.3. The molecule has 0 saturated carbocycles. The lowest BCUT2D eigenvalue weighted by atomic mass is 10.0. The fourth-order valence-corrected chi connectivity index (χ4v) is 5.62. The zero-order valence-corrected chi connectivity index (χ0v) is 17.9. The molecular weight excluding hydrogens is 400 g/mol. The Balaban J connectivity index is 1.36. The average Bonchev–Trinajstić information content (AvgIpc) is 3.30. The van der Waals surface area contributed by atoms with Crippen molar-refractivity contribution in [1.29, 1.82) is 0 Å². The van der Waals surface area contributed by atoms with Crippen LogP contribution in [0, 0.1) is 0 Å². The Morgan fingerprint density at radius 2 is 1.90 bits per heavy atom. The van der Waals surface area contributed by atoms with Crippen molar-refractivity contribution in [3.05, 3.63) is 59.7 Å². The van der Waals surface area contributed by atoms with Crippen molar-refractivity contribution in [3.8, 4) is 0 Å². The average molecular weight is 429 g/mol. The van der Waals surface area contributed by atoms with Gasteiger partial charge in [-0.3, -0.25) is 9.10 Å². The SMILES string of the molecule is O=C(CCc1ccc(S(=O)(=O)N2CCCc3ccccc32)cc1)NC[C@@H]1CCCO1. The molecule has 1 amide bonds. The van der Waals surface area contributed by atoms with Crippen LogP contribution in [0.3, 0.4) is 0 Å². The van der Waals surface area contributed by atoms with Crippen molar-refractivity contribution in [2.45, 2.75) is 49.5 Å². The third-order valence-electron chi connectivity index (χ3n) is 5.77. The van der Waals surface area contributed by atoms with Gasteiger partial charge in [0.25, 0.3) is 10.0 Å². The van der Waals surface area contributed by atoms with Crippen molar-refractivity contribution in [2.24, 2.45) is 0 Å². The fourth-order valence-electron chi connectivity index (χ4n) is 4.08. The normalized spacial score (nSPS) is 18.8. The first-order chi connectivity index (χ1) is 14.5. The molecule has 1 N–H and O–H groups in total. The van der Waals surface area contributed by atoms with Crippen LogP contribution < -0.4 is 9.62 Å². The van der Waals surface area contributed by atoms with E-state index >= 15 is 0 Å². The number of rotatable bonds is 7. The summed E-state index contributed by atoms with van der Waals surface area (Å²) in [6, 6.07) is 14.6. The number of hydrogen-bond donors (Lipinski definition) is 1. The van der Waals surface area contributed by atoms with E-state index < -0.39 is 10.0 Å². The molecule has 1 saturated heterocycles. The van der Waals surface area contributed by atoms with Gasteiger partial charge in [-0.25, -0.2) is 8.42 Å². The first kappa shape index (κ1) is 20.9. The zero-order valence-electron chi connectivity index (χ0n) is 17.0. The first-order valence-electron chi connectivity index (χ1n) is 10.6. The largest absolute Gasteiger partial charge is 0.376 e. The van der Waals surface area contributed by atoms with Crippen LogP contribution in [0.15, 0.2) is 53.4 Å². The summed E-state index contributed by atoms with van der Waals surface area (Å²) in [5, 5.41) is 2.92. The van der Waals surface area contributed by atoms with Crippen molar-refractivity contribution in [1.82, 2.24) is 5.32 Å². The highest BCUT2D eigenvalue weighted by Crippen LogP contribution is 2.31. The predicted molar refractivity (Wildman–Crippen MR) is 116 cm³/mol. The Kier molecular flexibility index (Phi) is 6.39. The summed E-state index contributed by atoms with van der Waals surface area (Å²) < 4.78 is 33.4. The molecule has 30 heavy (non-hydrogen) atoms. The number of nitrogens with zero attached hydrogens (tertiary/aromatic N) is 1. The second-order valence-corrected chi connectivity index (χ2v) is 9.75. The minimum atomic E-state index is -3.60. The van der Waals surface area contributed by atoms with Crippen molar-refractivity contribution < 1.29 is 17.9 Å². The number of sulfonamides is 1. The van der Waals surface area contributed by atoms with E-state index in [1.165, 1.54) is 4.31 Å². The summed E-state index contributed by atoms with van der Waals surface area (Å²) in [5.41, 5.74) is 2.79. The smallest absolute Gasteiger partial charge is 0.264 e. The van der Waals surface area contributed by atoms with E-state index in [-0.39, 0.29) is 16.9 Å². The number of aryl methyl sites for hydroxylation is 2. The van der Waals surface area contributed by atoms with Crippen LogP contribution >= 0.6 is 0 Å². The number of para-hydroxylation sites is 1. The Hall–Kier alpha value is -2.38. The fraction of sp³-hybridized carbons (Fsp3) is 0.435. The zero-order chi connectivity index (χ0) is 21.0. The van der Waals surface area contributed by atoms with Crippen LogP contribution in [0.4, 0.5) is 5.69 Å². The summed E-state index contributed by atoms with van der Waals surface area (Å²) in [5.74, 6) is -0.00729. The quantitative estimate of drug-likeness (QED) is 0.735. The molecular formula is C23H28N2O4S. The van der Waals surface area contributed by atoms with Gasteiger partial charge in [-0.1, -0.05) is 30.3 Å². The highest BCUT2D eigenvalue weighted by atomic mass is 32.2. The van der Waals surface area contributed by atoms with E-state index in [1.54, 1.807) is 24.3 Å². The molecule has 7 heteroatoms. The van der Waals surface area contributed by atoms with Crippen molar-refractivity contribution in [2.75, 3.05) is 24.0 Å². The lowest BCUT2D eigenvalue weighted by Gasteiger charge is -2.30. The number of benzene rings is 2.